The van der Waals surface area contributed by atoms with Gasteiger partial charge in [-0.1, -0.05) is 18.2 Å². The van der Waals surface area contributed by atoms with Gasteiger partial charge in [-0.25, -0.2) is 4.39 Å². The number of hydrogen-bond acceptors (Lipinski definition) is 3. The molecule has 3 rings (SSSR count). The maximum absolute atomic E-state index is 13.5. The normalized spacial score (nSPS) is 13.8. The van der Waals surface area contributed by atoms with Crippen LogP contribution in [0.1, 0.15) is 24.8 Å². The van der Waals surface area contributed by atoms with Gasteiger partial charge in [-0.3, -0.25) is 4.79 Å². The lowest BCUT2D eigenvalue weighted by Gasteiger charge is -2.17. The van der Waals surface area contributed by atoms with Crippen LogP contribution in [0.15, 0.2) is 48.5 Å². The van der Waals surface area contributed by atoms with Crippen LogP contribution in [-0.4, -0.2) is 32.1 Å². The molecule has 5 heteroatoms. The molecule has 26 heavy (non-hydrogen) atoms. The lowest BCUT2D eigenvalue weighted by molar-refractivity contribution is -0.116. The van der Waals surface area contributed by atoms with E-state index in [-0.39, 0.29) is 11.7 Å². The van der Waals surface area contributed by atoms with E-state index >= 15 is 0 Å². The van der Waals surface area contributed by atoms with E-state index in [0.29, 0.717) is 31.5 Å². The van der Waals surface area contributed by atoms with Gasteiger partial charge in [0, 0.05) is 37.4 Å². The van der Waals surface area contributed by atoms with Gasteiger partial charge >= 0.3 is 0 Å². The van der Waals surface area contributed by atoms with Gasteiger partial charge in [0.1, 0.15) is 5.82 Å². The van der Waals surface area contributed by atoms with Crippen molar-refractivity contribution in [3.63, 3.8) is 0 Å². The highest BCUT2D eigenvalue weighted by Crippen LogP contribution is 2.22. The van der Waals surface area contributed by atoms with Crippen LogP contribution < -0.4 is 15.5 Å². The van der Waals surface area contributed by atoms with Crippen molar-refractivity contribution in [3.8, 4) is 0 Å². The molecule has 2 aromatic rings. The SMILES string of the molecule is O=C(CCNCCc1ccccc1F)Nc1ccc(N2CCCC2)cc1. The van der Waals surface area contributed by atoms with E-state index in [1.165, 1.54) is 24.6 Å². The first-order chi connectivity index (χ1) is 12.7. The first-order valence-corrected chi connectivity index (χ1v) is 9.31. The summed E-state index contributed by atoms with van der Waals surface area (Å²) in [4.78, 5) is 14.4. The number of hydrogen-bond donors (Lipinski definition) is 2. The molecule has 2 N–H and O–H groups in total. The van der Waals surface area contributed by atoms with E-state index in [2.05, 4.69) is 27.7 Å². The Kier molecular flexibility index (Phi) is 6.61. The second-order valence-corrected chi connectivity index (χ2v) is 6.63. The van der Waals surface area contributed by atoms with Gasteiger partial charge in [0.25, 0.3) is 0 Å². The first kappa shape index (κ1) is 18.4. The number of carbonyl (C=O) groups is 1. The number of nitrogens with zero attached hydrogens (tertiary/aromatic N) is 1. The first-order valence-electron chi connectivity index (χ1n) is 9.31. The van der Waals surface area contributed by atoms with Crippen molar-refractivity contribution in [1.29, 1.82) is 0 Å². The molecule has 4 nitrogen and oxygen atoms in total. The van der Waals surface area contributed by atoms with Gasteiger partial charge in [0.2, 0.25) is 5.91 Å². The van der Waals surface area contributed by atoms with Crippen molar-refractivity contribution in [1.82, 2.24) is 5.32 Å². The monoisotopic (exact) mass is 355 g/mol. The summed E-state index contributed by atoms with van der Waals surface area (Å²) in [5.74, 6) is -0.193. The number of rotatable bonds is 8. The van der Waals surface area contributed by atoms with E-state index in [9.17, 15) is 9.18 Å². The van der Waals surface area contributed by atoms with Crippen LogP contribution in [-0.2, 0) is 11.2 Å². The predicted octanol–water partition coefficient (Wildman–Crippen LogP) is 3.59. The molecule has 0 atom stereocenters. The summed E-state index contributed by atoms with van der Waals surface area (Å²) in [6.45, 7) is 3.46. The zero-order valence-corrected chi connectivity index (χ0v) is 15.0. The second kappa shape index (κ2) is 9.34. The molecule has 138 valence electrons. The summed E-state index contributed by atoms with van der Waals surface area (Å²) < 4.78 is 13.5. The third-order valence-electron chi connectivity index (χ3n) is 4.68. The summed E-state index contributed by atoms with van der Waals surface area (Å²) in [5.41, 5.74) is 2.74. The highest BCUT2D eigenvalue weighted by molar-refractivity contribution is 5.91. The third-order valence-corrected chi connectivity index (χ3v) is 4.68. The summed E-state index contributed by atoms with van der Waals surface area (Å²) in [6.07, 6.45) is 3.52. The van der Waals surface area contributed by atoms with Crippen LogP contribution in [0, 0.1) is 5.82 Å². The van der Waals surface area contributed by atoms with E-state index in [1.807, 2.05) is 18.2 Å². The summed E-state index contributed by atoms with van der Waals surface area (Å²) >= 11 is 0. The standard InChI is InChI=1S/C21H26FN3O/c22-20-6-2-1-5-17(20)11-13-23-14-12-21(26)24-18-7-9-19(10-8-18)25-15-3-4-16-25/h1-2,5-10,23H,3-4,11-16H2,(H,24,26). The van der Waals surface area contributed by atoms with Gasteiger partial charge in [0.05, 0.1) is 0 Å². The highest BCUT2D eigenvalue weighted by Gasteiger charge is 2.12. The molecule has 1 fully saturated rings. The van der Waals surface area contributed by atoms with Crippen LogP contribution in [0.25, 0.3) is 0 Å². The summed E-state index contributed by atoms with van der Waals surface area (Å²) in [6, 6.07) is 14.8. The molecule has 1 saturated heterocycles. The Morgan fingerprint density at radius 3 is 2.46 bits per heavy atom. The number of benzene rings is 2. The highest BCUT2D eigenvalue weighted by atomic mass is 19.1. The Bertz CT molecular complexity index is 711. The summed E-state index contributed by atoms with van der Waals surface area (Å²) in [5, 5.41) is 6.11. The van der Waals surface area contributed by atoms with Crippen LogP contribution in [0.4, 0.5) is 15.8 Å². The van der Waals surface area contributed by atoms with Gasteiger partial charge in [-0.05, 0) is 61.7 Å². The zero-order valence-electron chi connectivity index (χ0n) is 15.0. The van der Waals surface area contributed by atoms with Crippen molar-refractivity contribution in [3.05, 3.63) is 59.9 Å². The maximum atomic E-state index is 13.5. The Hall–Kier alpha value is -2.40. The molecule has 0 bridgehead atoms. The number of anilines is 2. The molecular weight excluding hydrogens is 329 g/mol. The van der Waals surface area contributed by atoms with Crippen LogP contribution in [0.2, 0.25) is 0 Å². The van der Waals surface area contributed by atoms with Gasteiger partial charge in [0.15, 0.2) is 0 Å². The molecule has 0 saturated carbocycles. The minimum absolute atomic E-state index is 0.0164. The molecule has 0 aromatic heterocycles. The average molecular weight is 355 g/mol. The number of carbonyl (C=O) groups excluding carboxylic acids is 1. The molecule has 0 spiro atoms. The molecule has 1 aliphatic heterocycles. The fourth-order valence-electron chi connectivity index (χ4n) is 3.21. The lowest BCUT2D eigenvalue weighted by atomic mass is 10.1. The Morgan fingerprint density at radius 2 is 1.73 bits per heavy atom. The van der Waals surface area contributed by atoms with Gasteiger partial charge in [-0.15, -0.1) is 0 Å². The molecule has 1 amide bonds. The van der Waals surface area contributed by atoms with E-state index < -0.39 is 0 Å². The second-order valence-electron chi connectivity index (χ2n) is 6.63. The Morgan fingerprint density at radius 1 is 1.00 bits per heavy atom. The molecule has 1 aliphatic rings. The smallest absolute Gasteiger partial charge is 0.225 e. The van der Waals surface area contributed by atoms with E-state index in [1.54, 1.807) is 12.1 Å². The van der Waals surface area contributed by atoms with Crippen LogP contribution >= 0.6 is 0 Å². The largest absolute Gasteiger partial charge is 0.372 e. The minimum atomic E-state index is -0.176. The van der Waals surface area contributed by atoms with Crippen molar-refractivity contribution in [2.75, 3.05) is 36.4 Å². The van der Waals surface area contributed by atoms with Gasteiger partial charge in [-0.2, -0.15) is 0 Å². The number of nitrogens with one attached hydrogen (secondary N) is 2. The quantitative estimate of drug-likeness (QED) is 0.712. The average Bonchev–Trinajstić information content (AvgIpc) is 3.18. The minimum Gasteiger partial charge on any atom is -0.372 e. The number of amides is 1. The van der Waals surface area contributed by atoms with Crippen LogP contribution in [0.5, 0.6) is 0 Å². The number of halogens is 1. The van der Waals surface area contributed by atoms with Crippen LogP contribution in [0.3, 0.4) is 0 Å². The summed E-state index contributed by atoms with van der Waals surface area (Å²) in [7, 11) is 0. The molecule has 2 aromatic carbocycles. The fourth-order valence-corrected chi connectivity index (χ4v) is 3.21. The molecule has 1 heterocycles. The van der Waals surface area contributed by atoms with Gasteiger partial charge < -0.3 is 15.5 Å². The van der Waals surface area contributed by atoms with E-state index in [0.717, 1.165) is 18.8 Å². The molecule has 0 unspecified atom stereocenters. The van der Waals surface area contributed by atoms with Crippen molar-refractivity contribution in [2.24, 2.45) is 0 Å². The van der Waals surface area contributed by atoms with Crippen molar-refractivity contribution < 1.29 is 9.18 Å². The van der Waals surface area contributed by atoms with Crippen molar-refractivity contribution in [2.45, 2.75) is 25.7 Å². The Balaban J connectivity index is 1.34. The molecule has 0 radical (unpaired) electrons. The predicted molar refractivity (Wildman–Crippen MR) is 104 cm³/mol. The fraction of sp³-hybridized carbons (Fsp3) is 0.381. The molecule has 0 aliphatic carbocycles. The maximum Gasteiger partial charge on any atom is 0.225 e. The third kappa shape index (κ3) is 5.30. The zero-order chi connectivity index (χ0) is 18.2. The topological polar surface area (TPSA) is 44.4 Å². The van der Waals surface area contributed by atoms with E-state index in [4.69, 9.17) is 0 Å². The molecular formula is C21H26FN3O. The Labute approximate surface area is 154 Å². The van der Waals surface area contributed by atoms with Crippen molar-refractivity contribution >= 4 is 17.3 Å². The lowest BCUT2D eigenvalue weighted by Crippen LogP contribution is -2.23.